The molecule has 0 bridgehead atoms. The van der Waals surface area contributed by atoms with Crippen LogP contribution in [-0.2, 0) is 22.4 Å². The minimum atomic E-state index is -0.110. The molecule has 1 fully saturated rings. The summed E-state index contributed by atoms with van der Waals surface area (Å²) in [6, 6.07) is 0. The largest absolute Gasteiger partial charge is 0.462 e. The molecule has 2 heterocycles. The van der Waals surface area contributed by atoms with Gasteiger partial charge in [0.25, 0.3) is 0 Å². The number of ether oxygens (including phenoxy) is 1. The first-order valence-corrected chi connectivity index (χ1v) is 11.1. The first-order chi connectivity index (χ1) is 12.2. The summed E-state index contributed by atoms with van der Waals surface area (Å²) in [4.78, 5) is 23.7. The Morgan fingerprint density at radius 1 is 1.28 bits per heavy atom. The van der Waals surface area contributed by atoms with Crippen molar-refractivity contribution < 1.29 is 9.53 Å². The summed E-state index contributed by atoms with van der Waals surface area (Å²) >= 11 is 3.31. The fourth-order valence-corrected chi connectivity index (χ4v) is 6.11. The fourth-order valence-electron chi connectivity index (χ4n) is 3.89. The molecule has 0 aliphatic heterocycles. The maximum absolute atomic E-state index is 12.2. The predicted molar refractivity (Wildman–Crippen MR) is 102 cm³/mol. The topological polar surface area (TPSA) is 52.1 Å². The van der Waals surface area contributed by atoms with Crippen molar-refractivity contribution in [2.75, 3.05) is 5.75 Å². The average Bonchev–Trinajstić information content (AvgIpc) is 2.98. The molecular formula is C19H24N2O2S2. The van der Waals surface area contributed by atoms with E-state index in [1.54, 1.807) is 17.7 Å². The molecule has 0 saturated heterocycles. The summed E-state index contributed by atoms with van der Waals surface area (Å²) in [5.41, 5.74) is 1.42. The lowest BCUT2D eigenvalue weighted by Gasteiger charge is -2.21. The van der Waals surface area contributed by atoms with Gasteiger partial charge in [0.05, 0.1) is 5.75 Å². The number of fused-ring (bicyclic) bond motifs is 3. The number of carbonyl (C=O) groups is 1. The third-order valence-corrected chi connectivity index (χ3v) is 7.36. The van der Waals surface area contributed by atoms with E-state index in [0.717, 1.165) is 41.5 Å². The molecule has 6 heteroatoms. The minimum absolute atomic E-state index is 0.110. The number of aromatic nitrogens is 2. The molecule has 0 aromatic carbocycles. The number of thiophene rings is 1. The molecule has 0 N–H and O–H groups in total. The number of nitrogens with zero attached hydrogens (tertiary/aromatic N) is 2. The van der Waals surface area contributed by atoms with E-state index in [2.05, 4.69) is 16.9 Å². The number of hydrogen-bond acceptors (Lipinski definition) is 6. The van der Waals surface area contributed by atoms with Crippen LogP contribution in [0.5, 0.6) is 0 Å². The Morgan fingerprint density at radius 2 is 2.12 bits per heavy atom. The molecule has 0 radical (unpaired) electrons. The minimum Gasteiger partial charge on any atom is -0.462 e. The van der Waals surface area contributed by atoms with Gasteiger partial charge in [-0.2, -0.15) is 0 Å². The summed E-state index contributed by atoms with van der Waals surface area (Å²) in [6.07, 6.45) is 10.9. The lowest BCUT2D eigenvalue weighted by atomic mass is 9.89. The van der Waals surface area contributed by atoms with Crippen LogP contribution in [0.2, 0.25) is 0 Å². The zero-order valence-corrected chi connectivity index (χ0v) is 16.3. The molecule has 1 saturated carbocycles. The third-order valence-electron chi connectivity index (χ3n) is 5.23. The Labute approximate surface area is 156 Å². The van der Waals surface area contributed by atoms with E-state index in [1.807, 2.05) is 0 Å². The van der Waals surface area contributed by atoms with Crippen molar-refractivity contribution in [2.24, 2.45) is 5.92 Å². The van der Waals surface area contributed by atoms with Crippen molar-refractivity contribution in [3.05, 3.63) is 16.8 Å². The Hall–Kier alpha value is -1.14. The summed E-state index contributed by atoms with van der Waals surface area (Å²) in [5, 5.41) is 2.13. The van der Waals surface area contributed by atoms with E-state index in [0.29, 0.717) is 5.75 Å². The number of rotatable bonds is 4. The van der Waals surface area contributed by atoms with E-state index >= 15 is 0 Å². The molecule has 2 aromatic heterocycles. The first kappa shape index (κ1) is 17.3. The Balaban J connectivity index is 1.47. The Morgan fingerprint density at radius 3 is 2.96 bits per heavy atom. The van der Waals surface area contributed by atoms with Crippen molar-refractivity contribution >= 4 is 39.3 Å². The smallest absolute Gasteiger partial charge is 0.316 e. The molecule has 2 aromatic rings. The lowest BCUT2D eigenvalue weighted by Crippen LogP contribution is -2.21. The molecule has 4 rings (SSSR count). The molecule has 134 valence electrons. The maximum Gasteiger partial charge on any atom is 0.316 e. The summed E-state index contributed by atoms with van der Waals surface area (Å²) in [6.45, 7) is 2.32. The average molecular weight is 377 g/mol. The van der Waals surface area contributed by atoms with E-state index in [-0.39, 0.29) is 12.1 Å². The number of esters is 1. The maximum atomic E-state index is 12.2. The molecule has 25 heavy (non-hydrogen) atoms. The van der Waals surface area contributed by atoms with Gasteiger partial charge < -0.3 is 4.74 Å². The van der Waals surface area contributed by atoms with E-state index in [4.69, 9.17) is 4.74 Å². The molecule has 0 spiro atoms. The van der Waals surface area contributed by atoms with Crippen LogP contribution in [0.25, 0.3) is 10.2 Å². The van der Waals surface area contributed by atoms with Crippen LogP contribution in [-0.4, -0.2) is 27.8 Å². The van der Waals surface area contributed by atoms with Crippen molar-refractivity contribution in [2.45, 2.75) is 69.4 Å². The molecule has 2 aliphatic carbocycles. The van der Waals surface area contributed by atoms with Gasteiger partial charge in [0.15, 0.2) is 0 Å². The molecule has 4 nitrogen and oxygen atoms in total. The SMILES string of the molecule is C[C@@H]1CCc2c(sc3ncnc(SCC(=O)OC4CCCCC4)c23)C1. The van der Waals surface area contributed by atoms with E-state index in [9.17, 15) is 4.79 Å². The van der Waals surface area contributed by atoms with E-state index in [1.165, 1.54) is 53.3 Å². The summed E-state index contributed by atoms with van der Waals surface area (Å²) in [5.74, 6) is 0.973. The van der Waals surface area contributed by atoms with Gasteiger partial charge in [-0.25, -0.2) is 9.97 Å². The summed E-state index contributed by atoms with van der Waals surface area (Å²) < 4.78 is 5.63. The molecular weight excluding hydrogens is 352 g/mol. The van der Waals surface area contributed by atoms with Gasteiger partial charge in [-0.1, -0.05) is 25.1 Å². The Bertz CT molecular complexity index is 768. The van der Waals surface area contributed by atoms with Gasteiger partial charge in [0, 0.05) is 10.3 Å². The molecule has 0 amide bonds. The lowest BCUT2D eigenvalue weighted by molar-refractivity contribution is -0.147. The van der Waals surface area contributed by atoms with Gasteiger partial charge in [-0.3, -0.25) is 4.79 Å². The quantitative estimate of drug-likeness (QED) is 0.436. The summed E-state index contributed by atoms with van der Waals surface area (Å²) in [7, 11) is 0. The fraction of sp³-hybridized carbons (Fsp3) is 0.632. The van der Waals surface area contributed by atoms with Gasteiger partial charge in [0.1, 0.15) is 22.3 Å². The molecule has 2 aliphatic rings. The number of hydrogen-bond donors (Lipinski definition) is 0. The van der Waals surface area contributed by atoms with Crippen molar-refractivity contribution in [3.63, 3.8) is 0 Å². The van der Waals surface area contributed by atoms with Crippen LogP contribution >= 0.6 is 23.1 Å². The standard InChI is InChI=1S/C19H24N2O2S2/c1-12-7-8-14-15(9-12)25-19-17(14)18(20-11-21-19)24-10-16(22)23-13-5-3-2-4-6-13/h11-13H,2-10H2,1H3/t12-/m1/s1. The normalized spacial score (nSPS) is 21.2. The zero-order valence-electron chi connectivity index (χ0n) is 14.6. The number of aryl methyl sites for hydroxylation is 1. The highest BCUT2D eigenvalue weighted by Gasteiger charge is 2.24. The monoisotopic (exact) mass is 376 g/mol. The van der Waals surface area contributed by atoms with Crippen LogP contribution in [0.3, 0.4) is 0 Å². The zero-order chi connectivity index (χ0) is 17.2. The number of carbonyl (C=O) groups excluding carboxylic acids is 1. The van der Waals surface area contributed by atoms with Crippen LogP contribution in [0.4, 0.5) is 0 Å². The highest BCUT2D eigenvalue weighted by Crippen LogP contribution is 2.40. The van der Waals surface area contributed by atoms with Gasteiger partial charge in [-0.15, -0.1) is 11.3 Å². The Kier molecular flexibility index (Phi) is 5.27. The molecule has 1 atom stereocenters. The third kappa shape index (κ3) is 3.85. The first-order valence-electron chi connectivity index (χ1n) is 9.28. The van der Waals surface area contributed by atoms with Gasteiger partial charge in [0.2, 0.25) is 0 Å². The predicted octanol–water partition coefficient (Wildman–Crippen LogP) is 4.78. The number of thioether (sulfide) groups is 1. The van der Waals surface area contributed by atoms with Crippen LogP contribution in [0.1, 0.15) is 55.9 Å². The second-order valence-corrected chi connectivity index (χ2v) is 9.30. The second kappa shape index (κ2) is 7.62. The van der Waals surface area contributed by atoms with Crippen LogP contribution in [0.15, 0.2) is 11.4 Å². The highest BCUT2D eigenvalue weighted by atomic mass is 32.2. The van der Waals surface area contributed by atoms with Crippen molar-refractivity contribution in [3.8, 4) is 0 Å². The molecule has 0 unspecified atom stereocenters. The van der Waals surface area contributed by atoms with Crippen LogP contribution in [0, 0.1) is 5.92 Å². The second-order valence-electron chi connectivity index (χ2n) is 7.25. The van der Waals surface area contributed by atoms with Gasteiger partial charge in [-0.05, 0) is 56.4 Å². The van der Waals surface area contributed by atoms with Crippen LogP contribution < -0.4 is 0 Å². The van der Waals surface area contributed by atoms with Gasteiger partial charge >= 0.3 is 5.97 Å². The van der Waals surface area contributed by atoms with Crippen molar-refractivity contribution in [1.82, 2.24) is 9.97 Å². The van der Waals surface area contributed by atoms with E-state index < -0.39 is 0 Å². The highest BCUT2D eigenvalue weighted by molar-refractivity contribution is 8.00. The van der Waals surface area contributed by atoms with Crippen molar-refractivity contribution in [1.29, 1.82) is 0 Å².